The lowest BCUT2D eigenvalue weighted by Crippen LogP contribution is -2.14. The van der Waals surface area contributed by atoms with Crippen LogP contribution in [0.15, 0.2) is 71.6 Å². The first-order valence-electron chi connectivity index (χ1n) is 9.70. The molecule has 0 unspecified atom stereocenters. The maximum atomic E-state index is 12.6. The van der Waals surface area contributed by atoms with Crippen molar-refractivity contribution in [3.63, 3.8) is 0 Å². The highest BCUT2D eigenvalue weighted by atomic mass is 35.5. The SMILES string of the molecule is COc1ccc(CCC(=O)Nc2ccc(S(=O)(=O)Nc3ccccc3Cl)cc2)cc1OC. The van der Waals surface area contributed by atoms with Crippen molar-refractivity contribution in [3.05, 3.63) is 77.3 Å². The van der Waals surface area contributed by atoms with E-state index in [1.165, 1.54) is 24.3 Å². The van der Waals surface area contributed by atoms with Crippen molar-refractivity contribution in [2.75, 3.05) is 24.3 Å². The first-order chi connectivity index (χ1) is 15.3. The van der Waals surface area contributed by atoms with Gasteiger partial charge in [-0.1, -0.05) is 29.8 Å². The van der Waals surface area contributed by atoms with E-state index in [4.69, 9.17) is 21.1 Å². The summed E-state index contributed by atoms with van der Waals surface area (Å²) in [4.78, 5) is 12.4. The standard InChI is InChI=1S/C23H23ClN2O5S/c1-30-21-13-7-16(15-22(21)31-2)8-14-23(27)25-17-9-11-18(12-10-17)32(28,29)26-20-6-4-3-5-19(20)24/h3-7,9-13,15,26H,8,14H2,1-2H3,(H,25,27). The third-order valence-electron chi connectivity index (χ3n) is 4.66. The number of hydrogen-bond donors (Lipinski definition) is 2. The molecule has 0 saturated carbocycles. The van der Waals surface area contributed by atoms with Gasteiger partial charge in [0.05, 0.1) is 29.8 Å². The van der Waals surface area contributed by atoms with Crippen molar-refractivity contribution in [3.8, 4) is 11.5 Å². The summed E-state index contributed by atoms with van der Waals surface area (Å²) >= 11 is 6.02. The third-order valence-corrected chi connectivity index (χ3v) is 6.37. The molecule has 3 rings (SSSR count). The van der Waals surface area contributed by atoms with E-state index in [-0.39, 0.29) is 17.2 Å². The van der Waals surface area contributed by atoms with Gasteiger partial charge in [0.2, 0.25) is 5.91 Å². The average molecular weight is 475 g/mol. The van der Waals surface area contributed by atoms with Crippen LogP contribution in [0.3, 0.4) is 0 Å². The van der Waals surface area contributed by atoms with Crippen molar-refractivity contribution in [1.29, 1.82) is 0 Å². The molecule has 0 aliphatic rings. The molecule has 3 aromatic rings. The predicted molar refractivity (Wildman–Crippen MR) is 125 cm³/mol. The zero-order valence-corrected chi connectivity index (χ0v) is 19.2. The van der Waals surface area contributed by atoms with Crippen LogP contribution in [0.5, 0.6) is 11.5 Å². The van der Waals surface area contributed by atoms with Crippen LogP contribution < -0.4 is 19.5 Å². The summed E-state index contributed by atoms with van der Waals surface area (Å²) in [6, 6.07) is 18.0. The van der Waals surface area contributed by atoms with E-state index in [1.807, 2.05) is 12.1 Å². The highest BCUT2D eigenvalue weighted by Gasteiger charge is 2.16. The molecule has 0 aromatic heterocycles. The Morgan fingerprint density at radius 3 is 2.28 bits per heavy atom. The van der Waals surface area contributed by atoms with Gasteiger partial charge in [0, 0.05) is 12.1 Å². The van der Waals surface area contributed by atoms with Gasteiger partial charge in [-0.25, -0.2) is 8.42 Å². The number of halogens is 1. The molecule has 2 N–H and O–H groups in total. The number of amides is 1. The molecule has 7 nitrogen and oxygen atoms in total. The second kappa shape index (κ2) is 10.4. The molecule has 168 valence electrons. The predicted octanol–water partition coefficient (Wildman–Crippen LogP) is 4.73. The lowest BCUT2D eigenvalue weighted by Gasteiger charge is -2.11. The van der Waals surface area contributed by atoms with E-state index < -0.39 is 10.0 Å². The summed E-state index contributed by atoms with van der Waals surface area (Å²) in [5.41, 5.74) is 1.73. The lowest BCUT2D eigenvalue weighted by molar-refractivity contribution is -0.116. The summed E-state index contributed by atoms with van der Waals surface area (Å²) < 4.78 is 38.1. The van der Waals surface area contributed by atoms with Gasteiger partial charge in [0.25, 0.3) is 10.0 Å². The zero-order valence-electron chi connectivity index (χ0n) is 17.6. The number of benzene rings is 3. The van der Waals surface area contributed by atoms with Crippen molar-refractivity contribution in [2.24, 2.45) is 0 Å². The minimum absolute atomic E-state index is 0.0562. The monoisotopic (exact) mass is 474 g/mol. The van der Waals surface area contributed by atoms with Crippen molar-refractivity contribution in [2.45, 2.75) is 17.7 Å². The first-order valence-corrected chi connectivity index (χ1v) is 11.6. The maximum absolute atomic E-state index is 12.6. The fourth-order valence-electron chi connectivity index (χ4n) is 2.98. The third kappa shape index (κ3) is 5.93. The molecule has 1 amide bonds. The fraction of sp³-hybridized carbons (Fsp3) is 0.174. The Bertz CT molecular complexity index is 1200. The zero-order chi connectivity index (χ0) is 23.1. The van der Waals surface area contributed by atoms with Crippen LogP contribution in [0, 0.1) is 0 Å². The Morgan fingerprint density at radius 2 is 1.62 bits per heavy atom. The van der Waals surface area contributed by atoms with Crippen LogP contribution in [-0.4, -0.2) is 28.5 Å². The molecule has 0 aliphatic carbocycles. The summed E-state index contributed by atoms with van der Waals surface area (Å²) in [6.07, 6.45) is 0.768. The molecule has 0 bridgehead atoms. The number of carbonyl (C=O) groups is 1. The van der Waals surface area contributed by atoms with Gasteiger partial charge in [-0.2, -0.15) is 0 Å². The smallest absolute Gasteiger partial charge is 0.261 e. The topological polar surface area (TPSA) is 93.7 Å². The molecule has 0 saturated heterocycles. The molecule has 0 spiro atoms. The molecule has 0 fully saturated rings. The first kappa shape index (κ1) is 23.4. The van der Waals surface area contributed by atoms with Crippen LogP contribution in [0.1, 0.15) is 12.0 Å². The van der Waals surface area contributed by atoms with E-state index in [2.05, 4.69) is 10.0 Å². The van der Waals surface area contributed by atoms with Crippen molar-refractivity contribution < 1.29 is 22.7 Å². The summed E-state index contributed by atoms with van der Waals surface area (Å²) in [5.74, 6) is 1.04. The molecule has 3 aromatic carbocycles. The van der Waals surface area contributed by atoms with E-state index >= 15 is 0 Å². The van der Waals surface area contributed by atoms with E-state index in [0.717, 1.165) is 5.56 Å². The normalized spacial score (nSPS) is 11.0. The number of para-hydroxylation sites is 1. The number of sulfonamides is 1. The van der Waals surface area contributed by atoms with Crippen LogP contribution in [-0.2, 0) is 21.2 Å². The van der Waals surface area contributed by atoms with Gasteiger partial charge in [0.1, 0.15) is 0 Å². The lowest BCUT2D eigenvalue weighted by atomic mass is 10.1. The number of hydrogen-bond acceptors (Lipinski definition) is 5. The molecule has 0 aliphatic heterocycles. The quantitative estimate of drug-likeness (QED) is 0.467. The van der Waals surface area contributed by atoms with E-state index in [0.29, 0.717) is 34.3 Å². The molecular weight excluding hydrogens is 452 g/mol. The summed E-state index contributed by atoms with van der Waals surface area (Å²) in [6.45, 7) is 0. The number of carbonyl (C=O) groups excluding carboxylic acids is 1. The summed E-state index contributed by atoms with van der Waals surface area (Å²) in [5, 5.41) is 3.07. The Kier molecular flexibility index (Phi) is 7.61. The van der Waals surface area contributed by atoms with Gasteiger partial charge in [0.15, 0.2) is 11.5 Å². The van der Waals surface area contributed by atoms with Crippen molar-refractivity contribution in [1.82, 2.24) is 0 Å². The molecule has 9 heteroatoms. The number of anilines is 2. The van der Waals surface area contributed by atoms with Gasteiger partial charge < -0.3 is 14.8 Å². The van der Waals surface area contributed by atoms with Crippen LogP contribution in [0.4, 0.5) is 11.4 Å². The number of ether oxygens (including phenoxy) is 2. The molecule has 0 atom stereocenters. The Morgan fingerprint density at radius 1 is 0.938 bits per heavy atom. The van der Waals surface area contributed by atoms with Crippen molar-refractivity contribution >= 4 is 38.9 Å². The molecule has 0 radical (unpaired) electrons. The van der Waals surface area contributed by atoms with E-state index in [9.17, 15) is 13.2 Å². The Hall–Kier alpha value is -3.23. The van der Waals surface area contributed by atoms with Gasteiger partial charge >= 0.3 is 0 Å². The molecule has 0 heterocycles. The van der Waals surface area contributed by atoms with Crippen LogP contribution in [0.2, 0.25) is 5.02 Å². The number of aryl methyl sites for hydroxylation is 1. The summed E-state index contributed by atoms with van der Waals surface area (Å²) in [7, 11) is -0.687. The maximum Gasteiger partial charge on any atom is 0.261 e. The van der Waals surface area contributed by atoms with Crippen LogP contribution in [0.25, 0.3) is 0 Å². The second-order valence-electron chi connectivity index (χ2n) is 6.85. The Labute approximate surface area is 192 Å². The number of rotatable bonds is 9. The van der Waals surface area contributed by atoms with Gasteiger partial charge in [-0.15, -0.1) is 0 Å². The Balaban J connectivity index is 1.59. The molecule has 32 heavy (non-hydrogen) atoms. The minimum Gasteiger partial charge on any atom is -0.493 e. The average Bonchev–Trinajstić information content (AvgIpc) is 2.79. The van der Waals surface area contributed by atoms with Gasteiger partial charge in [-0.3, -0.25) is 9.52 Å². The second-order valence-corrected chi connectivity index (χ2v) is 8.94. The number of methoxy groups -OCH3 is 2. The number of nitrogens with one attached hydrogen (secondary N) is 2. The molecular formula is C23H23ClN2O5S. The largest absolute Gasteiger partial charge is 0.493 e. The highest BCUT2D eigenvalue weighted by molar-refractivity contribution is 7.92. The van der Waals surface area contributed by atoms with E-state index in [1.54, 1.807) is 44.6 Å². The highest BCUT2D eigenvalue weighted by Crippen LogP contribution is 2.28. The van der Waals surface area contributed by atoms with Gasteiger partial charge in [-0.05, 0) is 60.5 Å². The fourth-order valence-corrected chi connectivity index (χ4v) is 4.30. The minimum atomic E-state index is -3.81. The van der Waals surface area contributed by atoms with Crippen LogP contribution >= 0.6 is 11.6 Å².